The molecule has 0 amide bonds. The highest BCUT2D eigenvalue weighted by atomic mass is 16.6. The van der Waals surface area contributed by atoms with E-state index in [4.69, 9.17) is 0 Å². The van der Waals surface area contributed by atoms with E-state index in [9.17, 15) is 10.1 Å². The van der Waals surface area contributed by atoms with Crippen molar-refractivity contribution in [2.24, 2.45) is 5.41 Å². The molecule has 1 aromatic rings. The lowest BCUT2D eigenvalue weighted by atomic mass is 9.90. The maximum Gasteiger partial charge on any atom is 0.329 e. The van der Waals surface area contributed by atoms with Gasteiger partial charge in [0.2, 0.25) is 11.8 Å². The van der Waals surface area contributed by atoms with E-state index in [0.717, 1.165) is 6.42 Å². The van der Waals surface area contributed by atoms with Crippen LogP contribution in [0.5, 0.6) is 0 Å². The second-order valence-electron chi connectivity index (χ2n) is 5.09. The third-order valence-corrected chi connectivity index (χ3v) is 2.99. The minimum atomic E-state index is -0.475. The van der Waals surface area contributed by atoms with E-state index in [0.29, 0.717) is 19.0 Å². The van der Waals surface area contributed by atoms with E-state index in [1.807, 2.05) is 6.92 Å². The Labute approximate surface area is 113 Å². The van der Waals surface area contributed by atoms with Crippen molar-refractivity contribution in [1.82, 2.24) is 9.97 Å². The van der Waals surface area contributed by atoms with Crippen LogP contribution in [-0.2, 0) is 0 Å². The summed E-state index contributed by atoms with van der Waals surface area (Å²) in [6.45, 7) is 9.47. The molecular formula is C12H21N5O2. The highest BCUT2D eigenvalue weighted by molar-refractivity contribution is 5.57. The van der Waals surface area contributed by atoms with Crippen LogP contribution in [0.1, 0.15) is 34.1 Å². The first-order valence-corrected chi connectivity index (χ1v) is 6.38. The Morgan fingerprint density at radius 3 is 2.58 bits per heavy atom. The predicted molar refractivity (Wildman–Crippen MR) is 75.4 cm³/mol. The Hall–Kier alpha value is -1.92. The minimum Gasteiger partial charge on any atom is -0.364 e. The van der Waals surface area contributed by atoms with Crippen molar-refractivity contribution in [3.63, 3.8) is 0 Å². The Kier molecular flexibility index (Phi) is 5.02. The highest BCUT2D eigenvalue weighted by Crippen LogP contribution is 2.25. The summed E-state index contributed by atoms with van der Waals surface area (Å²) in [5.74, 6) is 0.655. The van der Waals surface area contributed by atoms with Gasteiger partial charge in [0.1, 0.15) is 6.20 Å². The molecular weight excluding hydrogens is 246 g/mol. The van der Waals surface area contributed by atoms with Crippen molar-refractivity contribution >= 4 is 17.5 Å². The highest BCUT2D eigenvalue weighted by Gasteiger charge is 2.20. The standard InChI is InChI=1S/C12H21N5O2/c1-5-12(3,4)8-15-10-9(17(18)19)7-14-11(16-10)13-6-2/h7H,5-6,8H2,1-4H3,(H2,13,14,15,16). The third kappa shape index (κ3) is 4.35. The molecule has 1 aromatic heterocycles. The van der Waals surface area contributed by atoms with Crippen LogP contribution < -0.4 is 10.6 Å². The Morgan fingerprint density at radius 2 is 2.05 bits per heavy atom. The smallest absolute Gasteiger partial charge is 0.329 e. The minimum absolute atomic E-state index is 0.0527. The van der Waals surface area contributed by atoms with Gasteiger partial charge in [-0.15, -0.1) is 0 Å². The third-order valence-electron chi connectivity index (χ3n) is 2.99. The second kappa shape index (κ2) is 6.31. The molecule has 1 heterocycles. The molecule has 0 bridgehead atoms. The van der Waals surface area contributed by atoms with E-state index in [-0.39, 0.29) is 16.9 Å². The summed E-state index contributed by atoms with van der Waals surface area (Å²) in [4.78, 5) is 18.5. The molecule has 0 aliphatic rings. The molecule has 7 nitrogen and oxygen atoms in total. The van der Waals surface area contributed by atoms with Gasteiger partial charge in [-0.2, -0.15) is 4.98 Å². The van der Waals surface area contributed by atoms with E-state index < -0.39 is 4.92 Å². The van der Waals surface area contributed by atoms with Crippen molar-refractivity contribution in [2.45, 2.75) is 34.1 Å². The zero-order valence-corrected chi connectivity index (χ0v) is 11.9. The lowest BCUT2D eigenvalue weighted by Crippen LogP contribution is -2.23. The van der Waals surface area contributed by atoms with Gasteiger partial charge in [0.15, 0.2) is 0 Å². The quantitative estimate of drug-likeness (QED) is 0.582. The first-order chi connectivity index (χ1) is 8.89. The normalized spacial score (nSPS) is 11.2. The van der Waals surface area contributed by atoms with Crippen LogP contribution in [-0.4, -0.2) is 28.0 Å². The van der Waals surface area contributed by atoms with Crippen molar-refractivity contribution < 1.29 is 4.92 Å². The number of anilines is 2. The molecule has 0 spiro atoms. The summed E-state index contributed by atoms with van der Waals surface area (Å²) in [5, 5.41) is 16.9. The number of nitrogens with one attached hydrogen (secondary N) is 2. The molecule has 0 saturated heterocycles. The van der Waals surface area contributed by atoms with E-state index in [1.54, 1.807) is 0 Å². The summed E-state index contributed by atoms with van der Waals surface area (Å²) < 4.78 is 0. The number of hydrogen-bond acceptors (Lipinski definition) is 6. The molecule has 0 fully saturated rings. The maximum absolute atomic E-state index is 11.0. The topological polar surface area (TPSA) is 93.0 Å². The van der Waals surface area contributed by atoms with Gasteiger partial charge < -0.3 is 10.6 Å². The van der Waals surface area contributed by atoms with Crippen LogP contribution in [0.25, 0.3) is 0 Å². The van der Waals surface area contributed by atoms with E-state index >= 15 is 0 Å². The summed E-state index contributed by atoms with van der Waals surface area (Å²) in [7, 11) is 0. The fraction of sp³-hybridized carbons (Fsp3) is 0.667. The number of rotatable bonds is 7. The Bertz CT molecular complexity index is 448. The fourth-order valence-electron chi connectivity index (χ4n) is 1.33. The van der Waals surface area contributed by atoms with Gasteiger partial charge in [-0.1, -0.05) is 20.8 Å². The average molecular weight is 267 g/mol. The number of aromatic nitrogens is 2. The van der Waals surface area contributed by atoms with E-state index in [1.165, 1.54) is 6.20 Å². The van der Waals surface area contributed by atoms with Crippen molar-refractivity contribution in [1.29, 1.82) is 0 Å². The fourth-order valence-corrected chi connectivity index (χ4v) is 1.33. The molecule has 0 atom stereocenters. The molecule has 0 aliphatic heterocycles. The SMILES string of the molecule is CCNc1ncc([N+](=O)[O-])c(NCC(C)(C)CC)n1. The predicted octanol–water partition coefficient (Wildman–Crippen LogP) is 2.66. The molecule has 0 unspecified atom stereocenters. The Morgan fingerprint density at radius 1 is 1.37 bits per heavy atom. The van der Waals surface area contributed by atoms with Gasteiger partial charge in [-0.3, -0.25) is 10.1 Å². The van der Waals surface area contributed by atoms with Gasteiger partial charge in [0.25, 0.3) is 0 Å². The second-order valence-corrected chi connectivity index (χ2v) is 5.09. The van der Waals surface area contributed by atoms with Gasteiger partial charge in [0, 0.05) is 13.1 Å². The lowest BCUT2D eigenvalue weighted by molar-refractivity contribution is -0.384. The molecule has 1 rings (SSSR count). The van der Waals surface area contributed by atoms with Crippen LogP contribution >= 0.6 is 0 Å². The van der Waals surface area contributed by atoms with Gasteiger partial charge >= 0.3 is 5.69 Å². The summed E-state index contributed by atoms with van der Waals surface area (Å²) >= 11 is 0. The van der Waals surface area contributed by atoms with Crippen LogP contribution in [0.2, 0.25) is 0 Å². The first kappa shape index (κ1) is 15.1. The van der Waals surface area contributed by atoms with Crippen LogP contribution in [0.15, 0.2) is 6.20 Å². The van der Waals surface area contributed by atoms with E-state index in [2.05, 4.69) is 41.4 Å². The van der Waals surface area contributed by atoms with Crippen LogP contribution in [0, 0.1) is 15.5 Å². The average Bonchev–Trinajstić information content (AvgIpc) is 2.37. The first-order valence-electron chi connectivity index (χ1n) is 6.38. The number of hydrogen-bond donors (Lipinski definition) is 2. The molecule has 0 aromatic carbocycles. The monoisotopic (exact) mass is 267 g/mol. The zero-order valence-electron chi connectivity index (χ0n) is 11.9. The molecule has 2 N–H and O–H groups in total. The molecule has 7 heteroatoms. The summed E-state index contributed by atoms with van der Waals surface area (Å²) in [6, 6.07) is 0. The number of nitro groups is 1. The van der Waals surface area contributed by atoms with Crippen LogP contribution in [0.4, 0.5) is 17.5 Å². The zero-order chi connectivity index (χ0) is 14.5. The summed E-state index contributed by atoms with van der Waals surface area (Å²) in [5.41, 5.74) is -0.0504. The lowest BCUT2D eigenvalue weighted by Gasteiger charge is -2.23. The van der Waals surface area contributed by atoms with Gasteiger partial charge in [-0.05, 0) is 18.8 Å². The van der Waals surface area contributed by atoms with Crippen LogP contribution in [0.3, 0.4) is 0 Å². The Balaban J connectivity index is 2.94. The van der Waals surface area contributed by atoms with Crippen molar-refractivity contribution in [3.8, 4) is 0 Å². The van der Waals surface area contributed by atoms with Crippen molar-refractivity contribution in [2.75, 3.05) is 23.7 Å². The van der Waals surface area contributed by atoms with Gasteiger partial charge in [-0.25, -0.2) is 4.98 Å². The van der Waals surface area contributed by atoms with Crippen molar-refractivity contribution in [3.05, 3.63) is 16.3 Å². The molecule has 0 radical (unpaired) electrons. The summed E-state index contributed by atoms with van der Waals surface area (Å²) in [6.07, 6.45) is 2.20. The molecule has 0 aliphatic carbocycles. The molecule has 19 heavy (non-hydrogen) atoms. The van der Waals surface area contributed by atoms with Gasteiger partial charge in [0.05, 0.1) is 4.92 Å². The largest absolute Gasteiger partial charge is 0.364 e. The number of nitrogens with zero attached hydrogens (tertiary/aromatic N) is 3. The molecule has 0 saturated carbocycles. The molecule has 106 valence electrons. The maximum atomic E-state index is 11.0.